The minimum absolute atomic E-state index is 0.0391. The monoisotopic (exact) mass is 477 g/mol. The van der Waals surface area contributed by atoms with Crippen molar-refractivity contribution in [3.05, 3.63) is 106 Å². The molecule has 4 aromatic rings. The molecule has 0 unspecified atom stereocenters. The van der Waals surface area contributed by atoms with Gasteiger partial charge in [0.2, 0.25) is 0 Å². The number of anilines is 2. The van der Waals surface area contributed by atoms with Gasteiger partial charge in [0.25, 0.3) is 5.91 Å². The van der Waals surface area contributed by atoms with Crippen LogP contribution in [0.2, 0.25) is 0 Å². The van der Waals surface area contributed by atoms with Crippen LogP contribution in [0.25, 0.3) is 15.6 Å². The summed E-state index contributed by atoms with van der Waals surface area (Å²) in [5.41, 5.74) is 5.81. The lowest BCUT2D eigenvalue weighted by Gasteiger charge is -2.36. The molecule has 6 rings (SSSR count). The van der Waals surface area contributed by atoms with E-state index < -0.39 is 0 Å². The van der Waals surface area contributed by atoms with Crippen LogP contribution in [0.15, 0.2) is 66.9 Å². The van der Waals surface area contributed by atoms with Crippen LogP contribution in [0, 0.1) is 12.4 Å². The average molecular weight is 478 g/mol. The molecule has 3 aromatic carbocycles. The first-order chi connectivity index (χ1) is 17.6. The Labute approximate surface area is 208 Å². The van der Waals surface area contributed by atoms with E-state index in [4.69, 9.17) is 11.6 Å². The van der Waals surface area contributed by atoms with Crippen molar-refractivity contribution in [1.29, 1.82) is 0 Å². The molecule has 6 nitrogen and oxygen atoms in total. The summed E-state index contributed by atoms with van der Waals surface area (Å²) in [6.07, 6.45) is 2.69. The molecule has 1 aromatic heterocycles. The van der Waals surface area contributed by atoms with Crippen molar-refractivity contribution in [1.82, 2.24) is 9.88 Å². The molecule has 0 spiro atoms. The minimum atomic E-state index is -0.336. The van der Waals surface area contributed by atoms with Crippen LogP contribution >= 0.6 is 0 Å². The number of halogens is 1. The predicted molar refractivity (Wildman–Crippen MR) is 139 cm³/mol. The molecule has 7 heteroatoms. The summed E-state index contributed by atoms with van der Waals surface area (Å²) < 4.78 is 14.4. The number of rotatable bonds is 5. The van der Waals surface area contributed by atoms with Crippen molar-refractivity contribution in [3.8, 4) is 0 Å². The molecule has 0 aliphatic carbocycles. The Morgan fingerprint density at radius 1 is 1.03 bits per heavy atom. The largest absolute Gasteiger partial charge is 0.367 e. The zero-order valence-corrected chi connectivity index (χ0v) is 19.7. The maximum atomic E-state index is 14.4. The normalized spacial score (nSPS) is 15.2. The molecule has 0 saturated carbocycles. The SMILES string of the molecule is [C-]#[N+]c1ccc(N2CCN(Cc3ccc(Cc4ccc5c6c(cccc46)C(=O)N5)cn3)CC2)c(F)c1. The number of piperazine rings is 1. The molecule has 1 fully saturated rings. The van der Waals surface area contributed by atoms with E-state index in [0.29, 0.717) is 11.4 Å². The number of carbonyl (C=O) groups is 1. The highest BCUT2D eigenvalue weighted by Gasteiger charge is 2.23. The van der Waals surface area contributed by atoms with Gasteiger partial charge in [0.1, 0.15) is 5.82 Å². The van der Waals surface area contributed by atoms with Gasteiger partial charge in [-0.1, -0.05) is 30.3 Å². The van der Waals surface area contributed by atoms with Crippen LogP contribution in [0.5, 0.6) is 0 Å². The van der Waals surface area contributed by atoms with Crippen LogP contribution < -0.4 is 10.2 Å². The van der Waals surface area contributed by atoms with Gasteiger partial charge in [0.15, 0.2) is 5.69 Å². The van der Waals surface area contributed by atoms with E-state index in [9.17, 15) is 9.18 Å². The second-order valence-electron chi connectivity index (χ2n) is 9.30. The Morgan fingerprint density at radius 2 is 1.89 bits per heavy atom. The van der Waals surface area contributed by atoms with Crippen molar-refractivity contribution in [2.24, 2.45) is 0 Å². The van der Waals surface area contributed by atoms with Gasteiger partial charge < -0.3 is 10.2 Å². The third kappa shape index (κ3) is 4.06. The molecule has 3 heterocycles. The summed E-state index contributed by atoms with van der Waals surface area (Å²) in [7, 11) is 0. The highest BCUT2D eigenvalue weighted by molar-refractivity contribution is 6.24. The summed E-state index contributed by atoms with van der Waals surface area (Å²) in [5, 5.41) is 5.05. The number of hydrogen-bond donors (Lipinski definition) is 1. The van der Waals surface area contributed by atoms with Crippen LogP contribution in [0.4, 0.5) is 21.5 Å². The lowest BCUT2D eigenvalue weighted by Crippen LogP contribution is -2.46. The number of benzene rings is 3. The number of carbonyl (C=O) groups excluding carboxylic acids is 1. The first-order valence-corrected chi connectivity index (χ1v) is 12.0. The van der Waals surface area contributed by atoms with Crippen molar-refractivity contribution >= 4 is 33.7 Å². The highest BCUT2D eigenvalue weighted by Crippen LogP contribution is 2.35. The molecule has 36 heavy (non-hydrogen) atoms. The van der Waals surface area contributed by atoms with E-state index in [2.05, 4.69) is 39.3 Å². The lowest BCUT2D eigenvalue weighted by molar-refractivity contribution is 0.103. The first-order valence-electron chi connectivity index (χ1n) is 12.0. The number of hydrogen-bond acceptors (Lipinski definition) is 4. The van der Waals surface area contributed by atoms with Crippen LogP contribution in [-0.2, 0) is 13.0 Å². The third-order valence-corrected chi connectivity index (χ3v) is 7.06. The van der Waals surface area contributed by atoms with E-state index >= 15 is 0 Å². The highest BCUT2D eigenvalue weighted by atomic mass is 19.1. The van der Waals surface area contributed by atoms with Crippen molar-refractivity contribution in [2.75, 3.05) is 36.4 Å². The number of aromatic nitrogens is 1. The van der Waals surface area contributed by atoms with Crippen molar-refractivity contribution < 1.29 is 9.18 Å². The number of amides is 1. The maximum Gasteiger partial charge on any atom is 0.256 e. The summed E-state index contributed by atoms with van der Waals surface area (Å²) in [5.74, 6) is -0.375. The van der Waals surface area contributed by atoms with Crippen molar-refractivity contribution in [2.45, 2.75) is 13.0 Å². The van der Waals surface area contributed by atoms with E-state index in [1.54, 1.807) is 12.1 Å². The molecule has 1 amide bonds. The zero-order chi connectivity index (χ0) is 24.6. The van der Waals surface area contributed by atoms with Crippen LogP contribution in [-0.4, -0.2) is 42.0 Å². The quantitative estimate of drug-likeness (QED) is 0.391. The second kappa shape index (κ2) is 9.06. The molecular weight excluding hydrogens is 453 g/mol. The number of nitrogens with zero attached hydrogens (tertiary/aromatic N) is 4. The third-order valence-electron chi connectivity index (χ3n) is 7.06. The summed E-state index contributed by atoms with van der Waals surface area (Å²) >= 11 is 0. The Bertz CT molecular complexity index is 1520. The molecular formula is C29H24FN5O. The van der Waals surface area contributed by atoms with E-state index in [1.807, 2.05) is 29.3 Å². The molecule has 1 saturated heterocycles. The molecule has 0 bridgehead atoms. The fraction of sp³-hybridized carbons (Fsp3) is 0.207. The van der Waals surface area contributed by atoms with Crippen LogP contribution in [0.3, 0.4) is 0 Å². The molecule has 1 N–H and O–H groups in total. The van der Waals surface area contributed by atoms with Gasteiger partial charge in [-0.3, -0.25) is 14.7 Å². The maximum absolute atomic E-state index is 14.4. The van der Waals surface area contributed by atoms with Gasteiger partial charge in [-0.05, 0) is 53.3 Å². The Morgan fingerprint density at radius 3 is 2.64 bits per heavy atom. The summed E-state index contributed by atoms with van der Waals surface area (Å²) in [6.45, 7) is 10.9. The molecule has 0 radical (unpaired) electrons. The molecule has 2 aliphatic rings. The van der Waals surface area contributed by atoms with E-state index in [-0.39, 0.29) is 11.7 Å². The zero-order valence-electron chi connectivity index (χ0n) is 19.7. The Kier molecular flexibility index (Phi) is 5.59. The average Bonchev–Trinajstić information content (AvgIpc) is 3.24. The molecule has 2 aliphatic heterocycles. The smallest absolute Gasteiger partial charge is 0.256 e. The van der Waals surface area contributed by atoms with E-state index in [1.165, 1.54) is 11.6 Å². The van der Waals surface area contributed by atoms with Gasteiger partial charge in [-0.25, -0.2) is 9.24 Å². The summed E-state index contributed by atoms with van der Waals surface area (Å²) in [6, 6.07) is 18.8. The Balaban J connectivity index is 1.10. The van der Waals surface area contributed by atoms with Crippen molar-refractivity contribution in [3.63, 3.8) is 0 Å². The van der Waals surface area contributed by atoms with Gasteiger partial charge in [-0.2, -0.15) is 0 Å². The molecule has 0 atom stereocenters. The Hall–Kier alpha value is -4.28. The summed E-state index contributed by atoms with van der Waals surface area (Å²) in [4.78, 5) is 24.6. The number of nitrogens with one attached hydrogen (secondary N) is 1. The second-order valence-corrected chi connectivity index (χ2v) is 9.30. The lowest BCUT2D eigenvalue weighted by atomic mass is 9.96. The topological polar surface area (TPSA) is 52.8 Å². The first kappa shape index (κ1) is 22.2. The van der Waals surface area contributed by atoms with E-state index in [0.717, 1.165) is 72.4 Å². The standard InChI is InChI=1S/C29H24FN5O/c1-31-21-8-10-27(25(30)16-21)35-13-11-34(12-14-35)18-22-7-5-19(17-32-22)15-20-6-9-26-28-23(20)3-2-4-24(28)29(36)33-26/h2-10,16-17H,11-15,18H2,(H,33,36). The molecule has 178 valence electrons. The predicted octanol–water partition coefficient (Wildman–Crippen LogP) is 5.40. The van der Waals surface area contributed by atoms with Gasteiger partial charge in [0, 0.05) is 55.6 Å². The van der Waals surface area contributed by atoms with Gasteiger partial charge in [0.05, 0.1) is 18.0 Å². The van der Waals surface area contributed by atoms with Gasteiger partial charge >= 0.3 is 0 Å². The fourth-order valence-electron chi connectivity index (χ4n) is 5.18. The van der Waals surface area contributed by atoms with Gasteiger partial charge in [-0.15, -0.1) is 0 Å². The fourth-order valence-corrected chi connectivity index (χ4v) is 5.18. The van der Waals surface area contributed by atoms with Crippen LogP contribution in [0.1, 0.15) is 27.2 Å². The minimum Gasteiger partial charge on any atom is -0.367 e. The number of pyridine rings is 1.